The highest BCUT2D eigenvalue weighted by atomic mass is 16.5. The lowest BCUT2D eigenvalue weighted by molar-refractivity contribution is 0.0706. The van der Waals surface area contributed by atoms with Crippen LogP contribution < -0.4 is 21.7 Å². The smallest absolute Gasteiger partial charge is 0.287 e. The number of nitrogens with one attached hydrogen (secondary N) is 4. The number of benzene rings is 1. The summed E-state index contributed by atoms with van der Waals surface area (Å²) < 4.78 is 0. The van der Waals surface area contributed by atoms with Crippen molar-refractivity contribution in [1.29, 1.82) is 0 Å². The van der Waals surface area contributed by atoms with E-state index >= 15 is 0 Å². The third kappa shape index (κ3) is 3.26. The summed E-state index contributed by atoms with van der Waals surface area (Å²) in [6.45, 7) is 1.65. The molecule has 0 atom stereocenters. The summed E-state index contributed by atoms with van der Waals surface area (Å²) in [4.78, 5) is 42.5. The SMILES string of the molecule is O=C(NO)c1ccc2c(=O)[nH]c(C(=O)NC3CCNCC3)nc2c1. The van der Waals surface area contributed by atoms with Gasteiger partial charge in [0.05, 0.1) is 10.9 Å². The van der Waals surface area contributed by atoms with Gasteiger partial charge in [-0.2, -0.15) is 0 Å². The number of aromatic amines is 1. The van der Waals surface area contributed by atoms with Crippen molar-refractivity contribution in [3.8, 4) is 0 Å². The summed E-state index contributed by atoms with van der Waals surface area (Å²) >= 11 is 0. The van der Waals surface area contributed by atoms with Crippen LogP contribution in [-0.4, -0.2) is 46.1 Å². The molecule has 24 heavy (non-hydrogen) atoms. The Hall–Kier alpha value is -2.78. The summed E-state index contributed by atoms with van der Waals surface area (Å²) in [5.41, 5.74) is 1.38. The van der Waals surface area contributed by atoms with Crippen LogP contribution in [0.4, 0.5) is 0 Å². The number of piperidine rings is 1. The van der Waals surface area contributed by atoms with E-state index in [1.807, 2.05) is 0 Å². The van der Waals surface area contributed by atoms with E-state index < -0.39 is 17.4 Å². The van der Waals surface area contributed by atoms with Gasteiger partial charge in [-0.25, -0.2) is 10.5 Å². The van der Waals surface area contributed by atoms with Gasteiger partial charge < -0.3 is 15.6 Å². The molecule has 1 fully saturated rings. The number of amides is 2. The zero-order valence-corrected chi connectivity index (χ0v) is 12.8. The minimum Gasteiger partial charge on any atom is -0.347 e. The lowest BCUT2D eigenvalue weighted by atomic mass is 10.1. The molecule has 9 heteroatoms. The molecule has 2 amide bonds. The highest BCUT2D eigenvalue weighted by Gasteiger charge is 2.19. The summed E-state index contributed by atoms with van der Waals surface area (Å²) in [5, 5.41) is 15.0. The number of hydroxylamine groups is 1. The number of nitrogens with zero attached hydrogens (tertiary/aromatic N) is 1. The molecule has 1 saturated heterocycles. The van der Waals surface area contributed by atoms with Gasteiger partial charge >= 0.3 is 0 Å². The Morgan fingerprint density at radius 3 is 2.67 bits per heavy atom. The fourth-order valence-electron chi connectivity index (χ4n) is 2.67. The molecule has 3 rings (SSSR count). The van der Waals surface area contributed by atoms with E-state index in [1.54, 1.807) is 0 Å². The molecule has 0 spiro atoms. The van der Waals surface area contributed by atoms with E-state index in [4.69, 9.17) is 5.21 Å². The number of aromatic nitrogens is 2. The van der Waals surface area contributed by atoms with Crippen molar-refractivity contribution < 1.29 is 14.8 Å². The molecule has 1 aromatic carbocycles. The molecule has 2 aromatic rings. The first-order valence-electron chi connectivity index (χ1n) is 7.58. The molecule has 126 valence electrons. The van der Waals surface area contributed by atoms with Gasteiger partial charge in [-0.1, -0.05) is 0 Å². The molecule has 1 aromatic heterocycles. The number of hydrogen-bond acceptors (Lipinski definition) is 6. The van der Waals surface area contributed by atoms with Crippen LogP contribution in [0.3, 0.4) is 0 Å². The average Bonchev–Trinajstić information content (AvgIpc) is 2.61. The zero-order valence-electron chi connectivity index (χ0n) is 12.8. The topological polar surface area (TPSA) is 136 Å². The van der Waals surface area contributed by atoms with Crippen LogP contribution in [0.25, 0.3) is 10.9 Å². The third-order valence-corrected chi connectivity index (χ3v) is 3.96. The van der Waals surface area contributed by atoms with Crippen LogP contribution in [0.5, 0.6) is 0 Å². The molecule has 2 heterocycles. The van der Waals surface area contributed by atoms with Gasteiger partial charge in [-0.3, -0.25) is 19.6 Å². The normalized spacial score (nSPS) is 15.2. The average molecular weight is 331 g/mol. The number of hydrogen-bond donors (Lipinski definition) is 5. The maximum Gasteiger partial charge on any atom is 0.287 e. The summed E-state index contributed by atoms with van der Waals surface area (Å²) in [5.74, 6) is -1.29. The van der Waals surface area contributed by atoms with Gasteiger partial charge in [0.25, 0.3) is 17.4 Å². The third-order valence-electron chi connectivity index (χ3n) is 3.96. The Morgan fingerprint density at radius 1 is 1.21 bits per heavy atom. The Labute approximate surface area is 136 Å². The van der Waals surface area contributed by atoms with Crippen molar-refractivity contribution in [2.75, 3.05) is 13.1 Å². The molecule has 0 bridgehead atoms. The molecule has 0 unspecified atom stereocenters. The molecule has 0 aliphatic carbocycles. The largest absolute Gasteiger partial charge is 0.347 e. The van der Waals surface area contributed by atoms with Gasteiger partial charge in [-0.05, 0) is 44.1 Å². The fourth-order valence-corrected chi connectivity index (χ4v) is 2.67. The second-order valence-corrected chi connectivity index (χ2v) is 5.59. The number of fused-ring (bicyclic) bond motifs is 1. The standard InChI is InChI=1S/C15H17N5O4/c21-13(20-24)8-1-2-10-11(7-8)18-12(19-14(10)22)15(23)17-9-3-5-16-6-4-9/h1-2,7,9,16,24H,3-6H2,(H,17,23)(H,20,21)(H,18,19,22). The fraction of sp³-hybridized carbons (Fsp3) is 0.333. The Balaban J connectivity index is 1.91. The van der Waals surface area contributed by atoms with Crippen LogP contribution >= 0.6 is 0 Å². The van der Waals surface area contributed by atoms with E-state index in [1.165, 1.54) is 23.7 Å². The molecule has 1 aliphatic rings. The van der Waals surface area contributed by atoms with Crippen LogP contribution in [0.1, 0.15) is 33.8 Å². The van der Waals surface area contributed by atoms with Gasteiger partial charge in [0.1, 0.15) is 0 Å². The van der Waals surface area contributed by atoms with Crippen molar-refractivity contribution >= 4 is 22.7 Å². The summed E-state index contributed by atoms with van der Waals surface area (Å²) in [6.07, 6.45) is 1.62. The van der Waals surface area contributed by atoms with Gasteiger partial charge in [-0.15, -0.1) is 0 Å². The van der Waals surface area contributed by atoms with Gasteiger partial charge in [0.2, 0.25) is 0 Å². The van der Waals surface area contributed by atoms with E-state index in [2.05, 4.69) is 20.6 Å². The Bertz CT molecular complexity index is 841. The van der Waals surface area contributed by atoms with Gasteiger partial charge in [0.15, 0.2) is 5.82 Å². The zero-order chi connectivity index (χ0) is 17.1. The minimum absolute atomic E-state index is 0.0336. The highest BCUT2D eigenvalue weighted by molar-refractivity contribution is 5.98. The van der Waals surface area contributed by atoms with Crippen LogP contribution in [0.15, 0.2) is 23.0 Å². The monoisotopic (exact) mass is 331 g/mol. The van der Waals surface area contributed by atoms with Crippen molar-refractivity contribution in [2.45, 2.75) is 18.9 Å². The lowest BCUT2D eigenvalue weighted by Crippen LogP contribution is -2.43. The van der Waals surface area contributed by atoms with E-state index in [9.17, 15) is 14.4 Å². The van der Waals surface area contributed by atoms with E-state index in [-0.39, 0.29) is 28.3 Å². The second kappa shape index (κ2) is 6.77. The van der Waals surface area contributed by atoms with E-state index in [0.717, 1.165) is 25.9 Å². The summed E-state index contributed by atoms with van der Waals surface area (Å²) in [7, 11) is 0. The molecule has 9 nitrogen and oxygen atoms in total. The minimum atomic E-state index is -0.723. The van der Waals surface area contributed by atoms with Crippen LogP contribution in [0.2, 0.25) is 0 Å². The van der Waals surface area contributed by atoms with Crippen LogP contribution in [0, 0.1) is 0 Å². The lowest BCUT2D eigenvalue weighted by Gasteiger charge is -2.23. The Morgan fingerprint density at radius 2 is 1.96 bits per heavy atom. The molecule has 0 radical (unpaired) electrons. The number of H-pyrrole nitrogens is 1. The van der Waals surface area contributed by atoms with Crippen molar-refractivity contribution in [2.24, 2.45) is 0 Å². The predicted octanol–water partition coefficient (Wildman–Crippen LogP) is -0.476. The summed E-state index contributed by atoms with van der Waals surface area (Å²) in [6, 6.07) is 4.18. The van der Waals surface area contributed by atoms with Gasteiger partial charge in [0, 0.05) is 11.6 Å². The van der Waals surface area contributed by atoms with Crippen molar-refractivity contribution in [3.05, 3.63) is 39.9 Å². The second-order valence-electron chi connectivity index (χ2n) is 5.59. The number of carbonyl (C=O) groups is 2. The molecule has 0 saturated carbocycles. The van der Waals surface area contributed by atoms with Crippen molar-refractivity contribution in [3.63, 3.8) is 0 Å². The highest BCUT2D eigenvalue weighted by Crippen LogP contribution is 2.11. The Kier molecular flexibility index (Phi) is 4.54. The maximum absolute atomic E-state index is 12.3. The quantitative estimate of drug-likeness (QED) is 0.381. The number of rotatable bonds is 3. The first-order chi connectivity index (χ1) is 11.6. The number of carbonyl (C=O) groups excluding carboxylic acids is 2. The van der Waals surface area contributed by atoms with Crippen molar-refractivity contribution in [1.82, 2.24) is 26.1 Å². The maximum atomic E-state index is 12.3. The molecule has 5 N–H and O–H groups in total. The predicted molar refractivity (Wildman–Crippen MR) is 85.0 cm³/mol. The molecule has 1 aliphatic heterocycles. The molecular weight excluding hydrogens is 314 g/mol. The first-order valence-corrected chi connectivity index (χ1v) is 7.58. The molecular formula is C15H17N5O4. The van der Waals surface area contributed by atoms with E-state index in [0.29, 0.717) is 0 Å². The van der Waals surface area contributed by atoms with Crippen LogP contribution in [-0.2, 0) is 0 Å². The first kappa shape index (κ1) is 16.1.